The largest absolute Gasteiger partial charge is 0.489 e. The number of nitrogens with one attached hydrogen (secondary N) is 2. The summed E-state index contributed by atoms with van der Waals surface area (Å²) < 4.78 is 5.92. The molecule has 28 heavy (non-hydrogen) atoms. The Balaban J connectivity index is 1.56. The monoisotopic (exact) mass is 381 g/mol. The van der Waals surface area contributed by atoms with Crippen LogP contribution in [0.4, 0.5) is 0 Å². The Morgan fingerprint density at radius 2 is 1.79 bits per heavy atom. The minimum atomic E-state index is -0.142. The van der Waals surface area contributed by atoms with Gasteiger partial charge in [-0.1, -0.05) is 42.5 Å². The maximum absolute atomic E-state index is 9.67. The molecule has 0 heterocycles. The number of rotatable bonds is 7. The molecule has 0 spiro atoms. The Morgan fingerprint density at radius 1 is 1.04 bits per heavy atom. The van der Waals surface area contributed by atoms with Crippen LogP contribution in [0.1, 0.15) is 43.7 Å². The minimum absolute atomic E-state index is 0.142. The number of nitrogens with zero attached hydrogens (tertiary/aromatic N) is 1. The summed E-state index contributed by atoms with van der Waals surface area (Å²) in [6, 6.07) is 18.7. The summed E-state index contributed by atoms with van der Waals surface area (Å²) in [5, 5.41) is 16.5. The van der Waals surface area contributed by atoms with Crippen LogP contribution in [0.3, 0.4) is 0 Å². The molecule has 3 rings (SSSR count). The van der Waals surface area contributed by atoms with Crippen LogP contribution in [0.2, 0.25) is 0 Å². The molecule has 0 radical (unpaired) electrons. The molecule has 5 nitrogen and oxygen atoms in total. The summed E-state index contributed by atoms with van der Waals surface area (Å²) in [6.45, 7) is 4.04. The maximum atomic E-state index is 9.67. The molecule has 0 bridgehead atoms. The Labute approximate surface area is 167 Å². The zero-order chi connectivity index (χ0) is 19.6. The van der Waals surface area contributed by atoms with Crippen LogP contribution >= 0.6 is 0 Å². The molecular formula is C23H31N3O2. The molecule has 1 aliphatic rings. The Kier molecular flexibility index (Phi) is 7.73. The summed E-state index contributed by atoms with van der Waals surface area (Å²) >= 11 is 0. The first-order valence-corrected chi connectivity index (χ1v) is 10.2. The molecule has 0 aromatic heterocycles. The zero-order valence-corrected chi connectivity index (χ0v) is 16.6. The van der Waals surface area contributed by atoms with Crippen molar-refractivity contribution < 1.29 is 9.84 Å². The van der Waals surface area contributed by atoms with Gasteiger partial charge in [-0.3, -0.25) is 0 Å². The van der Waals surface area contributed by atoms with Crippen molar-refractivity contribution in [1.82, 2.24) is 10.6 Å². The lowest BCUT2D eigenvalue weighted by Crippen LogP contribution is -2.45. The van der Waals surface area contributed by atoms with Crippen LogP contribution in [0, 0.1) is 0 Å². The lowest BCUT2D eigenvalue weighted by Gasteiger charge is -2.27. The molecular weight excluding hydrogens is 350 g/mol. The Bertz CT molecular complexity index is 741. The molecule has 0 amide bonds. The van der Waals surface area contributed by atoms with E-state index in [1.165, 1.54) is 0 Å². The third-order valence-corrected chi connectivity index (χ3v) is 4.95. The van der Waals surface area contributed by atoms with Gasteiger partial charge in [0.05, 0.1) is 12.6 Å². The predicted octanol–water partition coefficient (Wildman–Crippen LogP) is 3.62. The third-order valence-electron chi connectivity index (χ3n) is 4.95. The van der Waals surface area contributed by atoms with E-state index in [0.29, 0.717) is 19.2 Å². The van der Waals surface area contributed by atoms with Gasteiger partial charge < -0.3 is 20.5 Å². The van der Waals surface area contributed by atoms with Crippen molar-refractivity contribution in [3.63, 3.8) is 0 Å². The first-order chi connectivity index (χ1) is 13.7. The highest BCUT2D eigenvalue weighted by Crippen LogP contribution is 2.19. The second-order valence-electron chi connectivity index (χ2n) is 7.27. The maximum Gasteiger partial charge on any atom is 0.191 e. The van der Waals surface area contributed by atoms with Gasteiger partial charge in [0.2, 0.25) is 0 Å². The smallest absolute Gasteiger partial charge is 0.191 e. The van der Waals surface area contributed by atoms with E-state index < -0.39 is 0 Å². The normalized spacial score (nSPS) is 19.9. The molecule has 1 aliphatic carbocycles. The van der Waals surface area contributed by atoms with Crippen molar-refractivity contribution in [1.29, 1.82) is 0 Å². The molecule has 0 atom stereocenters. The van der Waals surface area contributed by atoms with Crippen molar-refractivity contribution in [2.45, 2.75) is 57.9 Å². The molecule has 0 saturated heterocycles. The van der Waals surface area contributed by atoms with Gasteiger partial charge in [0.1, 0.15) is 12.4 Å². The van der Waals surface area contributed by atoms with Crippen molar-refractivity contribution in [3.05, 3.63) is 65.7 Å². The molecule has 5 heteroatoms. The minimum Gasteiger partial charge on any atom is -0.489 e. The summed E-state index contributed by atoms with van der Waals surface area (Å²) in [4.78, 5) is 4.73. The van der Waals surface area contributed by atoms with Crippen molar-refractivity contribution in [3.8, 4) is 5.75 Å². The van der Waals surface area contributed by atoms with Crippen molar-refractivity contribution >= 4 is 5.96 Å². The number of guanidine groups is 1. The number of aliphatic imine (C=N–C) groups is 1. The lowest BCUT2D eigenvalue weighted by molar-refractivity contribution is 0.120. The van der Waals surface area contributed by atoms with Gasteiger partial charge in [0.15, 0.2) is 5.96 Å². The first kappa shape index (κ1) is 20.2. The summed E-state index contributed by atoms with van der Waals surface area (Å²) in [6.07, 6.45) is 3.54. The van der Waals surface area contributed by atoms with Gasteiger partial charge in [-0.2, -0.15) is 0 Å². The topological polar surface area (TPSA) is 65.9 Å². The van der Waals surface area contributed by atoms with E-state index in [4.69, 9.17) is 9.73 Å². The van der Waals surface area contributed by atoms with Crippen LogP contribution in [-0.4, -0.2) is 29.8 Å². The number of benzene rings is 2. The number of ether oxygens (including phenoxy) is 1. The van der Waals surface area contributed by atoms with Gasteiger partial charge in [0.25, 0.3) is 0 Å². The number of aliphatic hydroxyl groups is 1. The molecule has 1 fully saturated rings. The van der Waals surface area contributed by atoms with Crippen LogP contribution in [0.15, 0.2) is 59.6 Å². The molecule has 0 aliphatic heterocycles. The fourth-order valence-electron chi connectivity index (χ4n) is 3.38. The van der Waals surface area contributed by atoms with Gasteiger partial charge in [0, 0.05) is 12.6 Å². The molecule has 2 aromatic carbocycles. The number of hydrogen-bond donors (Lipinski definition) is 3. The Morgan fingerprint density at radius 3 is 2.54 bits per heavy atom. The molecule has 0 unspecified atom stereocenters. The molecule has 3 N–H and O–H groups in total. The third kappa shape index (κ3) is 6.57. The SMILES string of the molecule is CCNC(=NCc1cccc(OCc2ccccc2)c1)NC1CCC(O)CC1. The number of aliphatic hydroxyl groups excluding tert-OH is 1. The van der Waals surface area contributed by atoms with Gasteiger partial charge in [-0.15, -0.1) is 0 Å². The van der Waals surface area contributed by atoms with Crippen molar-refractivity contribution in [2.24, 2.45) is 4.99 Å². The summed E-state index contributed by atoms with van der Waals surface area (Å²) in [5.41, 5.74) is 2.27. The highest BCUT2D eigenvalue weighted by molar-refractivity contribution is 5.80. The molecule has 2 aromatic rings. The average molecular weight is 382 g/mol. The first-order valence-electron chi connectivity index (χ1n) is 10.2. The lowest BCUT2D eigenvalue weighted by atomic mass is 9.93. The van der Waals surface area contributed by atoms with Gasteiger partial charge >= 0.3 is 0 Å². The summed E-state index contributed by atoms with van der Waals surface area (Å²) in [5.74, 6) is 1.69. The standard InChI is InChI=1S/C23H31N3O2/c1-2-24-23(26-20-11-13-21(27)14-12-20)25-16-19-9-6-10-22(15-19)28-17-18-7-4-3-5-8-18/h3-10,15,20-21,27H,2,11-14,16-17H2,1H3,(H2,24,25,26). The predicted molar refractivity (Wildman–Crippen MR) is 113 cm³/mol. The number of hydrogen-bond acceptors (Lipinski definition) is 3. The van der Waals surface area contributed by atoms with E-state index in [1.54, 1.807) is 0 Å². The van der Waals surface area contributed by atoms with E-state index in [1.807, 2.05) is 36.4 Å². The van der Waals surface area contributed by atoms with Crippen molar-refractivity contribution in [2.75, 3.05) is 6.54 Å². The van der Waals surface area contributed by atoms with Gasteiger partial charge in [-0.05, 0) is 55.9 Å². The van der Waals surface area contributed by atoms with Crippen LogP contribution in [0.5, 0.6) is 5.75 Å². The highest BCUT2D eigenvalue weighted by atomic mass is 16.5. The van der Waals surface area contributed by atoms with E-state index in [9.17, 15) is 5.11 Å². The van der Waals surface area contributed by atoms with Crippen LogP contribution in [-0.2, 0) is 13.2 Å². The molecule has 150 valence electrons. The van der Waals surface area contributed by atoms with E-state index >= 15 is 0 Å². The highest BCUT2D eigenvalue weighted by Gasteiger charge is 2.19. The zero-order valence-electron chi connectivity index (χ0n) is 16.6. The van der Waals surface area contributed by atoms with Crippen LogP contribution in [0.25, 0.3) is 0 Å². The van der Waals surface area contributed by atoms with Crippen LogP contribution < -0.4 is 15.4 Å². The second-order valence-corrected chi connectivity index (χ2v) is 7.27. The average Bonchev–Trinajstić information content (AvgIpc) is 2.73. The van der Waals surface area contributed by atoms with E-state index in [-0.39, 0.29) is 6.10 Å². The second kappa shape index (κ2) is 10.7. The molecule has 1 saturated carbocycles. The van der Waals surface area contributed by atoms with E-state index in [0.717, 1.165) is 55.1 Å². The van der Waals surface area contributed by atoms with E-state index in [2.05, 4.69) is 35.8 Å². The van der Waals surface area contributed by atoms with Gasteiger partial charge in [-0.25, -0.2) is 4.99 Å². The fraction of sp³-hybridized carbons (Fsp3) is 0.435. The quantitative estimate of drug-likeness (QED) is 0.506. The summed E-state index contributed by atoms with van der Waals surface area (Å²) in [7, 11) is 0. The Hall–Kier alpha value is -2.53. The fourth-order valence-corrected chi connectivity index (χ4v) is 3.38.